The van der Waals surface area contributed by atoms with Gasteiger partial charge in [-0.25, -0.2) is 0 Å². The van der Waals surface area contributed by atoms with Crippen molar-refractivity contribution in [2.24, 2.45) is 5.92 Å². The monoisotopic (exact) mass is 186 g/mol. The molecule has 2 aliphatic rings. The minimum Gasteiger partial charge on any atom is -0.366 e. The molecule has 3 atom stereocenters. The van der Waals surface area contributed by atoms with Gasteiger partial charge in [0, 0.05) is 5.88 Å². The second-order valence-electron chi connectivity index (χ2n) is 4.18. The molecule has 0 N–H and O–H groups in total. The number of halogens is 1. The van der Waals surface area contributed by atoms with Crippen LogP contribution in [-0.2, 0) is 4.74 Å². The van der Waals surface area contributed by atoms with Crippen LogP contribution in [0.4, 0.5) is 0 Å². The van der Waals surface area contributed by atoms with Gasteiger partial charge >= 0.3 is 0 Å². The highest BCUT2D eigenvalue weighted by Crippen LogP contribution is 2.50. The predicted octanol–water partition coefficient (Wildman–Crippen LogP) is 2.74. The Morgan fingerprint density at radius 2 is 2.50 bits per heavy atom. The summed E-state index contributed by atoms with van der Waals surface area (Å²) in [5.41, 5.74) is 1.41. The minimum atomic E-state index is 0.225. The third-order valence-corrected chi connectivity index (χ3v) is 3.62. The van der Waals surface area contributed by atoms with Crippen molar-refractivity contribution in [3.63, 3.8) is 0 Å². The molecule has 2 rings (SSSR count). The molecule has 12 heavy (non-hydrogen) atoms. The molecule has 0 radical (unpaired) electrons. The number of rotatable bonds is 2. The van der Waals surface area contributed by atoms with E-state index in [0.717, 1.165) is 6.42 Å². The summed E-state index contributed by atoms with van der Waals surface area (Å²) in [7, 11) is 0. The standard InChI is InChI=1S/C10H15ClO/c1-7(6-11)8-3-4-10(2)9(5-8)12-10/h8-9H,1,3-6H2,2H3. The first-order valence-electron chi connectivity index (χ1n) is 4.57. The first-order chi connectivity index (χ1) is 5.65. The van der Waals surface area contributed by atoms with Gasteiger partial charge < -0.3 is 4.74 Å². The zero-order valence-electron chi connectivity index (χ0n) is 7.48. The van der Waals surface area contributed by atoms with E-state index in [1.165, 1.54) is 18.4 Å². The maximum Gasteiger partial charge on any atom is 0.0920 e. The van der Waals surface area contributed by atoms with Crippen LogP contribution in [-0.4, -0.2) is 17.6 Å². The van der Waals surface area contributed by atoms with E-state index in [1.807, 2.05) is 0 Å². The molecule has 1 aliphatic carbocycles. The van der Waals surface area contributed by atoms with Crippen LogP contribution in [0.2, 0.25) is 0 Å². The van der Waals surface area contributed by atoms with Gasteiger partial charge in [0.1, 0.15) is 0 Å². The van der Waals surface area contributed by atoms with Gasteiger partial charge in [0.2, 0.25) is 0 Å². The smallest absolute Gasteiger partial charge is 0.0920 e. The molecule has 2 fully saturated rings. The molecule has 1 nitrogen and oxygen atoms in total. The van der Waals surface area contributed by atoms with Gasteiger partial charge in [0.25, 0.3) is 0 Å². The van der Waals surface area contributed by atoms with Crippen LogP contribution in [0.3, 0.4) is 0 Å². The van der Waals surface area contributed by atoms with Crippen LogP contribution in [0.5, 0.6) is 0 Å². The molecule has 1 heterocycles. The fourth-order valence-electron chi connectivity index (χ4n) is 2.13. The second-order valence-corrected chi connectivity index (χ2v) is 4.45. The van der Waals surface area contributed by atoms with Crippen molar-refractivity contribution < 1.29 is 4.74 Å². The lowest BCUT2D eigenvalue weighted by atomic mass is 9.80. The highest BCUT2D eigenvalue weighted by atomic mass is 35.5. The van der Waals surface area contributed by atoms with Crippen molar-refractivity contribution in [3.8, 4) is 0 Å². The van der Waals surface area contributed by atoms with E-state index < -0.39 is 0 Å². The second kappa shape index (κ2) is 2.74. The summed E-state index contributed by atoms with van der Waals surface area (Å²) in [6.07, 6.45) is 4.02. The summed E-state index contributed by atoms with van der Waals surface area (Å²) in [5.74, 6) is 1.22. The first-order valence-corrected chi connectivity index (χ1v) is 5.10. The zero-order chi connectivity index (χ0) is 8.77. The average molecular weight is 187 g/mol. The van der Waals surface area contributed by atoms with E-state index in [4.69, 9.17) is 16.3 Å². The molecule has 1 aliphatic heterocycles. The largest absolute Gasteiger partial charge is 0.366 e. The summed E-state index contributed by atoms with van der Waals surface area (Å²) in [5, 5.41) is 0. The Hall–Kier alpha value is -0.0100. The predicted molar refractivity (Wildman–Crippen MR) is 50.5 cm³/mol. The Morgan fingerprint density at radius 1 is 1.75 bits per heavy atom. The van der Waals surface area contributed by atoms with Crippen molar-refractivity contribution in [1.29, 1.82) is 0 Å². The third kappa shape index (κ3) is 1.29. The Morgan fingerprint density at radius 3 is 3.08 bits per heavy atom. The van der Waals surface area contributed by atoms with Gasteiger partial charge in [0.15, 0.2) is 0 Å². The molecular formula is C10H15ClO. The SMILES string of the molecule is C=C(CCl)C1CCC2(C)OC2C1. The van der Waals surface area contributed by atoms with Gasteiger partial charge in [-0.05, 0) is 32.1 Å². The van der Waals surface area contributed by atoms with Crippen LogP contribution in [0.25, 0.3) is 0 Å². The number of hydrogen-bond acceptors (Lipinski definition) is 1. The zero-order valence-corrected chi connectivity index (χ0v) is 8.23. The quantitative estimate of drug-likeness (QED) is 0.367. The van der Waals surface area contributed by atoms with Crippen LogP contribution >= 0.6 is 11.6 Å². The lowest BCUT2D eigenvalue weighted by Gasteiger charge is -2.23. The summed E-state index contributed by atoms with van der Waals surface area (Å²) in [4.78, 5) is 0. The molecule has 1 saturated heterocycles. The maximum atomic E-state index is 5.74. The number of allylic oxidation sites excluding steroid dienone is 1. The number of ether oxygens (including phenoxy) is 1. The average Bonchev–Trinajstić information content (AvgIpc) is 2.73. The molecule has 2 heteroatoms. The Balaban J connectivity index is 1.93. The van der Waals surface area contributed by atoms with Gasteiger partial charge in [0.05, 0.1) is 11.7 Å². The van der Waals surface area contributed by atoms with Crippen molar-refractivity contribution in [2.75, 3.05) is 5.88 Å². The number of fused-ring (bicyclic) bond motifs is 1. The third-order valence-electron chi connectivity index (χ3n) is 3.27. The lowest BCUT2D eigenvalue weighted by Crippen LogP contribution is -2.22. The molecule has 0 amide bonds. The van der Waals surface area contributed by atoms with E-state index in [-0.39, 0.29) is 5.60 Å². The van der Waals surface area contributed by atoms with Crippen LogP contribution < -0.4 is 0 Å². The molecule has 3 unspecified atom stereocenters. The maximum absolute atomic E-state index is 5.74. The van der Waals surface area contributed by atoms with E-state index in [1.54, 1.807) is 0 Å². The van der Waals surface area contributed by atoms with Crippen LogP contribution in [0.15, 0.2) is 12.2 Å². The van der Waals surface area contributed by atoms with E-state index in [0.29, 0.717) is 17.9 Å². The minimum absolute atomic E-state index is 0.225. The number of epoxide rings is 1. The highest BCUT2D eigenvalue weighted by molar-refractivity contribution is 6.19. The van der Waals surface area contributed by atoms with Gasteiger partial charge in [-0.1, -0.05) is 12.2 Å². The molecule has 0 spiro atoms. The topological polar surface area (TPSA) is 12.5 Å². The molecule has 0 aromatic carbocycles. The lowest BCUT2D eigenvalue weighted by molar-refractivity contribution is 0.303. The molecule has 0 aromatic rings. The Bertz CT molecular complexity index is 214. The Kier molecular flexibility index (Phi) is 1.96. The van der Waals surface area contributed by atoms with E-state index in [9.17, 15) is 0 Å². The van der Waals surface area contributed by atoms with E-state index >= 15 is 0 Å². The summed E-state index contributed by atoms with van der Waals surface area (Å²) < 4.78 is 5.61. The van der Waals surface area contributed by atoms with Gasteiger partial charge in [-0.3, -0.25) is 0 Å². The molecular weight excluding hydrogens is 172 g/mol. The summed E-state index contributed by atoms with van der Waals surface area (Å²) in [6, 6.07) is 0. The van der Waals surface area contributed by atoms with Crippen LogP contribution in [0, 0.1) is 5.92 Å². The molecule has 0 aromatic heterocycles. The number of alkyl halides is 1. The van der Waals surface area contributed by atoms with Crippen molar-refractivity contribution >= 4 is 11.6 Å². The normalized spacial score (nSPS) is 45.2. The summed E-state index contributed by atoms with van der Waals surface area (Å²) in [6.45, 7) is 6.19. The van der Waals surface area contributed by atoms with Crippen molar-refractivity contribution in [3.05, 3.63) is 12.2 Å². The molecule has 0 bridgehead atoms. The summed E-state index contributed by atoms with van der Waals surface area (Å²) >= 11 is 5.74. The van der Waals surface area contributed by atoms with Crippen LogP contribution in [0.1, 0.15) is 26.2 Å². The van der Waals surface area contributed by atoms with Crippen molar-refractivity contribution in [2.45, 2.75) is 37.9 Å². The fourth-order valence-corrected chi connectivity index (χ4v) is 2.34. The Labute approximate surface area is 78.7 Å². The first kappa shape index (κ1) is 8.58. The number of hydrogen-bond donors (Lipinski definition) is 0. The van der Waals surface area contributed by atoms with Gasteiger partial charge in [-0.15, -0.1) is 11.6 Å². The van der Waals surface area contributed by atoms with E-state index in [2.05, 4.69) is 13.5 Å². The van der Waals surface area contributed by atoms with Gasteiger partial charge in [-0.2, -0.15) is 0 Å². The molecule has 68 valence electrons. The fraction of sp³-hybridized carbons (Fsp3) is 0.800. The molecule has 1 saturated carbocycles. The van der Waals surface area contributed by atoms with Crippen molar-refractivity contribution in [1.82, 2.24) is 0 Å². The highest BCUT2D eigenvalue weighted by Gasteiger charge is 2.55.